The molecule has 0 atom stereocenters. The minimum Gasteiger partial charge on any atom is -0.482 e. The Morgan fingerprint density at radius 2 is 2.31 bits per heavy atom. The SMILES string of the molecule is O=C1COc2ccc(Cl)cc2N1CCCBr. The van der Waals surface area contributed by atoms with Crippen molar-refractivity contribution in [1.82, 2.24) is 0 Å². The van der Waals surface area contributed by atoms with Gasteiger partial charge in [-0.3, -0.25) is 4.79 Å². The van der Waals surface area contributed by atoms with Gasteiger partial charge in [-0.05, 0) is 24.6 Å². The molecule has 1 amide bonds. The van der Waals surface area contributed by atoms with E-state index in [9.17, 15) is 4.79 Å². The van der Waals surface area contributed by atoms with Gasteiger partial charge in [0.05, 0.1) is 5.69 Å². The molecule has 0 unspecified atom stereocenters. The summed E-state index contributed by atoms with van der Waals surface area (Å²) in [5.41, 5.74) is 0.768. The van der Waals surface area contributed by atoms with E-state index in [0.717, 1.165) is 23.2 Å². The number of halogens is 2. The van der Waals surface area contributed by atoms with Crippen LogP contribution in [-0.4, -0.2) is 24.4 Å². The van der Waals surface area contributed by atoms with Crippen molar-refractivity contribution in [3.63, 3.8) is 0 Å². The molecule has 1 aromatic carbocycles. The lowest BCUT2D eigenvalue weighted by atomic mass is 10.2. The minimum atomic E-state index is -0.0179. The first-order chi connectivity index (χ1) is 7.72. The number of ether oxygens (including phenoxy) is 1. The van der Waals surface area contributed by atoms with Crippen molar-refractivity contribution in [1.29, 1.82) is 0 Å². The number of rotatable bonds is 3. The van der Waals surface area contributed by atoms with Gasteiger partial charge in [0.2, 0.25) is 0 Å². The van der Waals surface area contributed by atoms with Crippen molar-refractivity contribution in [3.8, 4) is 5.75 Å². The van der Waals surface area contributed by atoms with Crippen LogP contribution in [0.25, 0.3) is 0 Å². The molecule has 0 spiro atoms. The Morgan fingerprint density at radius 1 is 1.50 bits per heavy atom. The molecule has 5 heteroatoms. The van der Waals surface area contributed by atoms with E-state index in [-0.39, 0.29) is 12.5 Å². The van der Waals surface area contributed by atoms with Crippen LogP contribution in [0, 0.1) is 0 Å². The molecule has 0 N–H and O–H groups in total. The zero-order chi connectivity index (χ0) is 11.5. The smallest absolute Gasteiger partial charge is 0.265 e. The number of hydrogen-bond acceptors (Lipinski definition) is 2. The van der Waals surface area contributed by atoms with Crippen LogP contribution in [0.4, 0.5) is 5.69 Å². The van der Waals surface area contributed by atoms with E-state index in [1.807, 2.05) is 0 Å². The predicted octanol–water partition coefficient (Wildman–Crippen LogP) is 2.85. The molecule has 0 aliphatic carbocycles. The summed E-state index contributed by atoms with van der Waals surface area (Å²) in [5, 5.41) is 1.48. The van der Waals surface area contributed by atoms with Crippen molar-refractivity contribution < 1.29 is 9.53 Å². The number of hydrogen-bond donors (Lipinski definition) is 0. The Balaban J connectivity index is 2.31. The normalized spacial score (nSPS) is 14.6. The van der Waals surface area contributed by atoms with Crippen molar-refractivity contribution in [2.45, 2.75) is 6.42 Å². The fourth-order valence-electron chi connectivity index (χ4n) is 1.64. The summed E-state index contributed by atoms with van der Waals surface area (Å²) in [7, 11) is 0. The van der Waals surface area contributed by atoms with Crippen LogP contribution in [0.15, 0.2) is 18.2 Å². The number of amides is 1. The van der Waals surface area contributed by atoms with Gasteiger partial charge in [0.15, 0.2) is 6.61 Å². The number of carbonyl (C=O) groups is 1. The molecule has 2 rings (SSSR count). The molecule has 1 heterocycles. The highest BCUT2D eigenvalue weighted by molar-refractivity contribution is 9.09. The van der Waals surface area contributed by atoms with Crippen molar-refractivity contribution in [2.75, 3.05) is 23.4 Å². The number of nitrogens with zero attached hydrogens (tertiary/aromatic N) is 1. The zero-order valence-corrected chi connectivity index (χ0v) is 10.9. The second-order valence-corrected chi connectivity index (χ2v) is 4.72. The predicted molar refractivity (Wildman–Crippen MR) is 67.7 cm³/mol. The largest absolute Gasteiger partial charge is 0.482 e. The topological polar surface area (TPSA) is 29.5 Å². The monoisotopic (exact) mass is 303 g/mol. The van der Waals surface area contributed by atoms with Crippen LogP contribution in [0.3, 0.4) is 0 Å². The summed E-state index contributed by atoms with van der Waals surface area (Å²) in [5.74, 6) is 0.703. The first-order valence-electron chi connectivity index (χ1n) is 5.01. The third-order valence-corrected chi connectivity index (χ3v) is 3.18. The van der Waals surface area contributed by atoms with Crippen LogP contribution < -0.4 is 9.64 Å². The number of benzene rings is 1. The summed E-state index contributed by atoms with van der Waals surface area (Å²) >= 11 is 9.28. The molecule has 1 aromatic rings. The zero-order valence-electron chi connectivity index (χ0n) is 8.58. The van der Waals surface area contributed by atoms with Crippen molar-refractivity contribution in [3.05, 3.63) is 23.2 Å². The molecular weight excluding hydrogens is 293 g/mol. The van der Waals surface area contributed by atoms with E-state index in [0.29, 0.717) is 11.6 Å². The van der Waals surface area contributed by atoms with E-state index in [1.165, 1.54) is 0 Å². The van der Waals surface area contributed by atoms with E-state index in [2.05, 4.69) is 15.9 Å². The van der Waals surface area contributed by atoms with E-state index >= 15 is 0 Å². The average molecular weight is 305 g/mol. The molecule has 3 nitrogen and oxygen atoms in total. The van der Waals surface area contributed by atoms with Gasteiger partial charge in [-0.1, -0.05) is 27.5 Å². The summed E-state index contributed by atoms with van der Waals surface area (Å²) in [6.07, 6.45) is 0.900. The Kier molecular flexibility index (Phi) is 3.71. The van der Waals surface area contributed by atoms with Crippen LogP contribution in [0.1, 0.15) is 6.42 Å². The molecule has 0 fully saturated rings. The third-order valence-electron chi connectivity index (χ3n) is 2.38. The van der Waals surface area contributed by atoms with Crippen molar-refractivity contribution in [2.24, 2.45) is 0 Å². The molecule has 0 aromatic heterocycles. The quantitative estimate of drug-likeness (QED) is 0.804. The van der Waals surface area contributed by atoms with Gasteiger partial charge in [-0.15, -0.1) is 0 Å². The Hall–Kier alpha value is -0.740. The molecule has 0 bridgehead atoms. The molecule has 1 aliphatic rings. The molecule has 0 saturated heterocycles. The van der Waals surface area contributed by atoms with E-state index in [1.54, 1.807) is 23.1 Å². The third kappa shape index (κ3) is 2.33. The lowest BCUT2D eigenvalue weighted by Crippen LogP contribution is -2.39. The Labute approximate surface area is 107 Å². The Bertz CT molecular complexity index is 411. The summed E-state index contributed by atoms with van der Waals surface area (Å²) in [6.45, 7) is 0.789. The van der Waals surface area contributed by atoms with Crippen LogP contribution in [0.5, 0.6) is 5.75 Å². The Morgan fingerprint density at radius 3 is 3.06 bits per heavy atom. The molecule has 1 aliphatic heterocycles. The second-order valence-electron chi connectivity index (χ2n) is 3.49. The molecule has 86 valence electrons. The molecular formula is C11H11BrClNO2. The highest BCUT2D eigenvalue weighted by Gasteiger charge is 2.24. The molecule has 0 saturated carbocycles. The van der Waals surface area contributed by atoms with Gasteiger partial charge in [-0.2, -0.15) is 0 Å². The first kappa shape index (κ1) is 11.7. The van der Waals surface area contributed by atoms with Gasteiger partial charge >= 0.3 is 0 Å². The highest BCUT2D eigenvalue weighted by atomic mass is 79.9. The van der Waals surface area contributed by atoms with Gasteiger partial charge in [0.25, 0.3) is 5.91 Å². The highest BCUT2D eigenvalue weighted by Crippen LogP contribution is 2.34. The van der Waals surface area contributed by atoms with Crippen LogP contribution >= 0.6 is 27.5 Å². The fourth-order valence-corrected chi connectivity index (χ4v) is 2.06. The number of anilines is 1. The maximum Gasteiger partial charge on any atom is 0.265 e. The summed E-state index contributed by atoms with van der Waals surface area (Å²) in [6, 6.07) is 5.33. The summed E-state index contributed by atoms with van der Waals surface area (Å²) in [4.78, 5) is 13.4. The van der Waals surface area contributed by atoms with Gasteiger partial charge in [-0.25, -0.2) is 0 Å². The van der Waals surface area contributed by atoms with E-state index in [4.69, 9.17) is 16.3 Å². The minimum absolute atomic E-state index is 0.0179. The first-order valence-corrected chi connectivity index (χ1v) is 6.51. The lowest BCUT2D eigenvalue weighted by Gasteiger charge is -2.29. The summed E-state index contributed by atoms with van der Waals surface area (Å²) < 4.78 is 5.34. The number of fused-ring (bicyclic) bond motifs is 1. The van der Waals surface area contributed by atoms with Gasteiger partial charge in [0.1, 0.15) is 5.75 Å². The number of alkyl halides is 1. The molecule has 16 heavy (non-hydrogen) atoms. The second kappa shape index (κ2) is 5.06. The average Bonchev–Trinajstić information content (AvgIpc) is 2.28. The standard InChI is InChI=1S/C11H11BrClNO2/c12-4-1-5-14-9-6-8(13)2-3-10(9)16-7-11(14)15/h2-3,6H,1,4-5,7H2. The lowest BCUT2D eigenvalue weighted by molar-refractivity contribution is -0.121. The number of carbonyl (C=O) groups excluding carboxylic acids is 1. The maximum atomic E-state index is 11.7. The van der Waals surface area contributed by atoms with Gasteiger partial charge < -0.3 is 9.64 Å². The van der Waals surface area contributed by atoms with E-state index < -0.39 is 0 Å². The maximum absolute atomic E-state index is 11.7. The van der Waals surface area contributed by atoms with Crippen LogP contribution in [-0.2, 0) is 4.79 Å². The molecule has 0 radical (unpaired) electrons. The fraction of sp³-hybridized carbons (Fsp3) is 0.364. The van der Waals surface area contributed by atoms with Crippen LogP contribution in [0.2, 0.25) is 5.02 Å². The van der Waals surface area contributed by atoms with Gasteiger partial charge in [0, 0.05) is 16.9 Å². The van der Waals surface area contributed by atoms with Crippen molar-refractivity contribution >= 4 is 39.1 Å².